The number of hydrogen-bond donors (Lipinski definition) is 1. The van der Waals surface area contributed by atoms with Crippen molar-refractivity contribution < 1.29 is 9.18 Å². The lowest BCUT2D eigenvalue weighted by atomic mass is 10.1. The van der Waals surface area contributed by atoms with Crippen LogP contribution < -0.4 is 15.6 Å². The zero-order valence-electron chi connectivity index (χ0n) is 13.0. The third-order valence-corrected chi connectivity index (χ3v) is 5.01. The van der Waals surface area contributed by atoms with Gasteiger partial charge < -0.3 is 14.8 Å². The number of nitrogens with zero attached hydrogens (tertiary/aromatic N) is 2. The molecule has 1 saturated carbocycles. The fourth-order valence-electron chi connectivity index (χ4n) is 3.29. The van der Waals surface area contributed by atoms with Gasteiger partial charge in [0.25, 0.3) is 0 Å². The standard InChI is InChI=1S/C17H17ClFN3O2/c18-15-16-11(13(23)3-7-22(16)10-1-2-10)9-12(19)17(15)21-6-4-14(24)20-5-8-21/h3,7,9-10H,1-2,4-6,8H2,(H,20,24). The molecular weight excluding hydrogens is 333 g/mol. The molecule has 1 N–H and O–H groups in total. The molecule has 2 aromatic rings. The van der Waals surface area contributed by atoms with Crippen LogP contribution in [0.15, 0.2) is 23.1 Å². The Labute approximate surface area is 143 Å². The van der Waals surface area contributed by atoms with Crippen LogP contribution in [-0.2, 0) is 4.79 Å². The molecule has 0 spiro atoms. The third kappa shape index (κ3) is 2.55. The molecule has 4 rings (SSSR count). The average Bonchev–Trinajstić information content (AvgIpc) is 3.38. The number of aromatic nitrogens is 1. The summed E-state index contributed by atoms with van der Waals surface area (Å²) in [4.78, 5) is 25.5. The first-order valence-corrected chi connectivity index (χ1v) is 8.48. The first kappa shape index (κ1) is 15.4. The van der Waals surface area contributed by atoms with Gasteiger partial charge in [-0.15, -0.1) is 0 Å². The molecule has 0 radical (unpaired) electrons. The first-order valence-electron chi connectivity index (χ1n) is 8.11. The van der Waals surface area contributed by atoms with E-state index in [1.165, 1.54) is 12.1 Å². The lowest BCUT2D eigenvalue weighted by molar-refractivity contribution is -0.120. The minimum atomic E-state index is -0.521. The van der Waals surface area contributed by atoms with Crippen molar-refractivity contribution in [3.8, 4) is 0 Å². The van der Waals surface area contributed by atoms with E-state index in [0.29, 0.717) is 36.6 Å². The van der Waals surface area contributed by atoms with Crippen molar-refractivity contribution in [2.45, 2.75) is 25.3 Å². The van der Waals surface area contributed by atoms with Crippen molar-refractivity contribution in [1.29, 1.82) is 0 Å². The van der Waals surface area contributed by atoms with Crippen molar-refractivity contribution in [3.63, 3.8) is 0 Å². The molecule has 1 amide bonds. The molecule has 2 aliphatic rings. The van der Waals surface area contributed by atoms with E-state index in [-0.39, 0.29) is 28.5 Å². The Morgan fingerprint density at radius 1 is 1.25 bits per heavy atom. The summed E-state index contributed by atoms with van der Waals surface area (Å²) in [5.41, 5.74) is 0.634. The monoisotopic (exact) mass is 349 g/mol. The maximum atomic E-state index is 14.7. The second-order valence-corrected chi connectivity index (χ2v) is 6.70. The molecule has 0 unspecified atom stereocenters. The molecule has 126 valence electrons. The Hall–Kier alpha value is -2.08. The maximum absolute atomic E-state index is 14.7. The van der Waals surface area contributed by atoms with Gasteiger partial charge in [-0.1, -0.05) is 11.6 Å². The van der Waals surface area contributed by atoms with Crippen LogP contribution in [0.3, 0.4) is 0 Å². The predicted octanol–water partition coefficient (Wildman–Crippen LogP) is 2.46. The Morgan fingerprint density at radius 3 is 2.79 bits per heavy atom. The van der Waals surface area contributed by atoms with Crippen molar-refractivity contribution in [2.24, 2.45) is 0 Å². The SMILES string of the molecule is O=C1CCN(c2c(F)cc3c(=O)ccn(C4CC4)c3c2Cl)CCN1. The highest BCUT2D eigenvalue weighted by molar-refractivity contribution is 6.38. The van der Waals surface area contributed by atoms with Crippen molar-refractivity contribution >= 4 is 34.1 Å². The quantitative estimate of drug-likeness (QED) is 0.906. The van der Waals surface area contributed by atoms with Gasteiger partial charge in [0.05, 0.1) is 21.6 Å². The van der Waals surface area contributed by atoms with E-state index in [1.54, 1.807) is 11.1 Å². The van der Waals surface area contributed by atoms with Crippen LogP contribution in [-0.4, -0.2) is 30.1 Å². The van der Waals surface area contributed by atoms with Crippen LogP contribution in [0.4, 0.5) is 10.1 Å². The number of pyridine rings is 1. The van der Waals surface area contributed by atoms with Gasteiger partial charge in [-0.2, -0.15) is 0 Å². The second-order valence-electron chi connectivity index (χ2n) is 6.32. The zero-order chi connectivity index (χ0) is 16.8. The summed E-state index contributed by atoms with van der Waals surface area (Å²) < 4.78 is 16.7. The average molecular weight is 350 g/mol. The van der Waals surface area contributed by atoms with E-state index in [1.807, 2.05) is 4.57 Å². The summed E-state index contributed by atoms with van der Waals surface area (Å²) in [5.74, 6) is -0.572. The van der Waals surface area contributed by atoms with Crippen molar-refractivity contribution in [1.82, 2.24) is 9.88 Å². The molecular formula is C17H17ClFN3O2. The summed E-state index contributed by atoms with van der Waals surface area (Å²) in [6.07, 6.45) is 4.09. The summed E-state index contributed by atoms with van der Waals surface area (Å²) in [6, 6.07) is 3.05. The summed E-state index contributed by atoms with van der Waals surface area (Å²) in [7, 11) is 0. The summed E-state index contributed by atoms with van der Waals surface area (Å²) in [6.45, 7) is 1.32. The molecule has 24 heavy (non-hydrogen) atoms. The lowest BCUT2D eigenvalue weighted by Crippen LogP contribution is -2.29. The van der Waals surface area contributed by atoms with E-state index < -0.39 is 5.82 Å². The van der Waals surface area contributed by atoms with Gasteiger partial charge in [-0.25, -0.2) is 4.39 Å². The smallest absolute Gasteiger partial charge is 0.221 e. The molecule has 1 saturated heterocycles. The van der Waals surface area contributed by atoms with Crippen LogP contribution in [0.5, 0.6) is 0 Å². The van der Waals surface area contributed by atoms with E-state index in [9.17, 15) is 14.0 Å². The van der Waals surface area contributed by atoms with E-state index in [2.05, 4.69) is 5.32 Å². The Bertz CT molecular complexity index is 892. The maximum Gasteiger partial charge on any atom is 0.221 e. The zero-order valence-corrected chi connectivity index (χ0v) is 13.8. The normalized spacial score (nSPS) is 18.6. The molecule has 2 fully saturated rings. The van der Waals surface area contributed by atoms with Gasteiger partial charge in [0.1, 0.15) is 5.82 Å². The largest absolute Gasteiger partial charge is 0.366 e. The van der Waals surface area contributed by atoms with E-state index in [4.69, 9.17) is 11.6 Å². The molecule has 2 heterocycles. The minimum Gasteiger partial charge on any atom is -0.366 e. The summed E-state index contributed by atoms with van der Waals surface area (Å²) in [5, 5.41) is 3.33. The fourth-order valence-corrected chi connectivity index (χ4v) is 3.70. The van der Waals surface area contributed by atoms with Crippen LogP contribution in [0.2, 0.25) is 5.02 Å². The number of halogens is 2. The highest BCUT2D eigenvalue weighted by Gasteiger charge is 2.28. The van der Waals surface area contributed by atoms with E-state index in [0.717, 1.165) is 12.8 Å². The number of benzene rings is 1. The van der Waals surface area contributed by atoms with Gasteiger partial charge in [-0.05, 0) is 18.9 Å². The van der Waals surface area contributed by atoms with Gasteiger partial charge in [-0.3, -0.25) is 9.59 Å². The van der Waals surface area contributed by atoms with Gasteiger partial charge in [0, 0.05) is 44.4 Å². The molecule has 0 bridgehead atoms. The highest BCUT2D eigenvalue weighted by Crippen LogP contribution is 2.41. The molecule has 0 atom stereocenters. The fraction of sp³-hybridized carbons (Fsp3) is 0.412. The Morgan fingerprint density at radius 2 is 2.04 bits per heavy atom. The van der Waals surface area contributed by atoms with Gasteiger partial charge in [0.2, 0.25) is 5.91 Å². The Balaban J connectivity index is 1.91. The van der Waals surface area contributed by atoms with Crippen LogP contribution in [0, 0.1) is 5.82 Å². The number of carbonyl (C=O) groups is 1. The number of rotatable bonds is 2. The topological polar surface area (TPSA) is 54.3 Å². The van der Waals surface area contributed by atoms with Crippen LogP contribution in [0.1, 0.15) is 25.3 Å². The molecule has 1 aromatic heterocycles. The number of amides is 1. The van der Waals surface area contributed by atoms with Crippen LogP contribution in [0.25, 0.3) is 10.9 Å². The minimum absolute atomic E-state index is 0.0512. The lowest BCUT2D eigenvalue weighted by Gasteiger charge is -2.25. The molecule has 5 nitrogen and oxygen atoms in total. The second kappa shape index (κ2) is 5.77. The number of nitrogens with one attached hydrogen (secondary N) is 1. The van der Waals surface area contributed by atoms with Gasteiger partial charge >= 0.3 is 0 Å². The summed E-state index contributed by atoms with van der Waals surface area (Å²) >= 11 is 6.57. The number of hydrogen-bond acceptors (Lipinski definition) is 3. The third-order valence-electron chi connectivity index (χ3n) is 4.65. The molecule has 1 aliphatic heterocycles. The van der Waals surface area contributed by atoms with Crippen LogP contribution >= 0.6 is 11.6 Å². The number of fused-ring (bicyclic) bond motifs is 1. The van der Waals surface area contributed by atoms with E-state index >= 15 is 0 Å². The van der Waals surface area contributed by atoms with Gasteiger partial charge in [0.15, 0.2) is 5.43 Å². The number of carbonyl (C=O) groups excluding carboxylic acids is 1. The first-order chi connectivity index (χ1) is 11.6. The van der Waals surface area contributed by atoms with Crippen molar-refractivity contribution in [3.05, 3.63) is 39.4 Å². The molecule has 7 heteroatoms. The predicted molar refractivity (Wildman–Crippen MR) is 91.3 cm³/mol. The molecule has 1 aliphatic carbocycles. The number of anilines is 1. The Kier molecular flexibility index (Phi) is 3.72. The molecule has 1 aromatic carbocycles. The van der Waals surface area contributed by atoms with Crippen molar-refractivity contribution in [2.75, 3.05) is 24.5 Å². The highest BCUT2D eigenvalue weighted by atomic mass is 35.5.